The maximum Gasteiger partial charge on any atom is 0.254 e. The summed E-state index contributed by atoms with van der Waals surface area (Å²) in [5, 5.41) is 3.63. The first kappa shape index (κ1) is 17.1. The largest absolute Gasteiger partial charge is 0.352 e. The summed E-state index contributed by atoms with van der Waals surface area (Å²) in [4.78, 5) is 34.3. The number of carbonyl (C=O) groups excluding carboxylic acids is 1. The normalized spacial score (nSPS) is 11.3. The Kier molecular flexibility index (Phi) is 4.05. The summed E-state index contributed by atoms with van der Waals surface area (Å²) in [6.07, 6.45) is 7.34. The average Bonchev–Trinajstić information content (AvgIpc) is 3.46. The van der Waals surface area contributed by atoms with Gasteiger partial charge in [0.15, 0.2) is 0 Å². The highest BCUT2D eigenvalue weighted by atomic mass is 19.1. The third kappa shape index (κ3) is 3.12. The SMILES string of the molecule is O=C(NCCc1cnc[nH]1)c1cc2nc(-c3c[nH]c4ncccc34)[nH]c2cc1F. The van der Waals surface area contributed by atoms with Gasteiger partial charge in [-0.15, -0.1) is 0 Å². The topological polar surface area (TPSA) is 115 Å². The second-order valence-corrected chi connectivity index (χ2v) is 6.62. The molecule has 1 aromatic carbocycles. The predicted molar refractivity (Wildman–Crippen MR) is 106 cm³/mol. The van der Waals surface area contributed by atoms with Crippen LogP contribution in [0.4, 0.5) is 4.39 Å². The molecule has 0 radical (unpaired) electrons. The van der Waals surface area contributed by atoms with Gasteiger partial charge < -0.3 is 20.3 Å². The third-order valence-corrected chi connectivity index (χ3v) is 4.76. The van der Waals surface area contributed by atoms with Crippen LogP contribution in [0.1, 0.15) is 16.1 Å². The van der Waals surface area contributed by atoms with Crippen molar-refractivity contribution in [3.63, 3.8) is 0 Å². The number of benzene rings is 1. The van der Waals surface area contributed by atoms with Gasteiger partial charge in [0.25, 0.3) is 5.91 Å². The molecule has 0 fully saturated rings. The van der Waals surface area contributed by atoms with Gasteiger partial charge in [-0.3, -0.25) is 4.79 Å². The van der Waals surface area contributed by atoms with Gasteiger partial charge in [0, 0.05) is 54.3 Å². The standard InChI is InChI=1S/C20H16FN7O/c21-15-7-17-16(6-13(15)20(29)24-5-3-11-8-22-10-26-11)27-19(28-17)14-9-25-18-12(14)2-1-4-23-18/h1-2,4,6-10H,3,5H2,(H,22,26)(H,23,25)(H,24,29)(H,27,28). The van der Waals surface area contributed by atoms with Crippen LogP contribution in [0.25, 0.3) is 33.5 Å². The number of H-pyrrole nitrogens is 3. The first-order valence-electron chi connectivity index (χ1n) is 9.06. The zero-order chi connectivity index (χ0) is 19.8. The maximum absolute atomic E-state index is 14.5. The van der Waals surface area contributed by atoms with Crippen molar-refractivity contribution in [1.82, 2.24) is 35.2 Å². The Morgan fingerprint density at radius 2 is 2.17 bits per heavy atom. The zero-order valence-corrected chi connectivity index (χ0v) is 15.2. The summed E-state index contributed by atoms with van der Waals surface area (Å²) in [5.74, 6) is -0.507. The number of nitrogens with one attached hydrogen (secondary N) is 4. The van der Waals surface area contributed by atoms with Gasteiger partial charge in [0.05, 0.1) is 22.9 Å². The molecule has 0 spiro atoms. The van der Waals surface area contributed by atoms with Crippen molar-refractivity contribution in [1.29, 1.82) is 0 Å². The van der Waals surface area contributed by atoms with Crippen LogP contribution in [0.2, 0.25) is 0 Å². The third-order valence-electron chi connectivity index (χ3n) is 4.76. The Morgan fingerprint density at radius 3 is 3.03 bits per heavy atom. The van der Waals surface area contributed by atoms with Crippen molar-refractivity contribution >= 4 is 28.0 Å². The van der Waals surface area contributed by atoms with E-state index in [9.17, 15) is 9.18 Å². The quantitative estimate of drug-likeness (QED) is 0.370. The lowest BCUT2D eigenvalue weighted by atomic mass is 10.1. The maximum atomic E-state index is 14.5. The van der Waals surface area contributed by atoms with Gasteiger partial charge in [0.1, 0.15) is 17.3 Å². The van der Waals surface area contributed by atoms with Crippen LogP contribution in [-0.2, 0) is 6.42 Å². The second kappa shape index (κ2) is 6.86. The minimum absolute atomic E-state index is 0.0410. The van der Waals surface area contributed by atoms with E-state index in [0.29, 0.717) is 29.8 Å². The molecule has 4 N–H and O–H groups in total. The summed E-state index contributed by atoms with van der Waals surface area (Å²) in [6, 6.07) is 6.53. The summed E-state index contributed by atoms with van der Waals surface area (Å²) in [5.41, 5.74) is 3.46. The Hall–Kier alpha value is -4.01. The lowest BCUT2D eigenvalue weighted by Crippen LogP contribution is -2.26. The van der Waals surface area contributed by atoms with Crippen LogP contribution in [0.5, 0.6) is 0 Å². The molecule has 9 heteroatoms. The number of pyridine rings is 1. The van der Waals surface area contributed by atoms with Crippen molar-refractivity contribution in [3.8, 4) is 11.4 Å². The Bertz CT molecular complexity index is 1320. The molecule has 0 bridgehead atoms. The number of rotatable bonds is 5. The van der Waals surface area contributed by atoms with Crippen molar-refractivity contribution in [2.45, 2.75) is 6.42 Å². The average molecular weight is 389 g/mol. The molecule has 0 aliphatic heterocycles. The first-order chi connectivity index (χ1) is 14.2. The van der Waals surface area contributed by atoms with Crippen LogP contribution in [0.3, 0.4) is 0 Å². The van der Waals surface area contributed by atoms with E-state index in [4.69, 9.17) is 0 Å². The first-order valence-corrected chi connectivity index (χ1v) is 9.06. The van der Waals surface area contributed by atoms with Crippen molar-refractivity contribution in [2.24, 2.45) is 0 Å². The number of amides is 1. The van der Waals surface area contributed by atoms with Gasteiger partial charge in [-0.25, -0.2) is 19.3 Å². The summed E-state index contributed by atoms with van der Waals surface area (Å²) < 4.78 is 14.5. The van der Waals surface area contributed by atoms with Gasteiger partial charge in [-0.05, 0) is 18.2 Å². The minimum atomic E-state index is -0.604. The fraction of sp³-hybridized carbons (Fsp3) is 0.100. The molecular weight excluding hydrogens is 373 g/mol. The summed E-state index contributed by atoms with van der Waals surface area (Å²) in [7, 11) is 0. The molecule has 1 amide bonds. The molecule has 0 atom stereocenters. The molecular formula is C20H16FN7O. The highest BCUT2D eigenvalue weighted by molar-refractivity contribution is 5.99. The molecule has 5 rings (SSSR count). The number of nitrogens with zero attached hydrogens (tertiary/aromatic N) is 3. The number of fused-ring (bicyclic) bond motifs is 2. The minimum Gasteiger partial charge on any atom is -0.352 e. The number of halogens is 1. The molecule has 8 nitrogen and oxygen atoms in total. The van der Waals surface area contributed by atoms with Crippen molar-refractivity contribution in [3.05, 3.63) is 66.3 Å². The number of hydrogen-bond acceptors (Lipinski definition) is 4. The molecule has 0 aliphatic carbocycles. The number of imidazole rings is 2. The van der Waals surface area contributed by atoms with E-state index in [1.165, 1.54) is 12.1 Å². The van der Waals surface area contributed by atoms with E-state index in [0.717, 1.165) is 22.3 Å². The zero-order valence-electron chi connectivity index (χ0n) is 15.2. The van der Waals surface area contributed by atoms with Crippen LogP contribution in [0.15, 0.2) is 49.2 Å². The monoisotopic (exact) mass is 389 g/mol. The van der Waals surface area contributed by atoms with E-state index in [-0.39, 0.29) is 5.56 Å². The van der Waals surface area contributed by atoms with E-state index < -0.39 is 11.7 Å². The number of hydrogen-bond donors (Lipinski definition) is 4. The Labute approximate surface area is 163 Å². The van der Waals surface area contributed by atoms with Crippen LogP contribution >= 0.6 is 0 Å². The van der Waals surface area contributed by atoms with Crippen molar-refractivity contribution in [2.75, 3.05) is 6.54 Å². The molecule has 5 aromatic rings. The van der Waals surface area contributed by atoms with E-state index in [2.05, 4.69) is 35.2 Å². The van der Waals surface area contributed by atoms with E-state index in [1.807, 2.05) is 12.1 Å². The fourth-order valence-corrected chi connectivity index (χ4v) is 3.31. The van der Waals surface area contributed by atoms with Gasteiger partial charge in [0.2, 0.25) is 0 Å². The van der Waals surface area contributed by atoms with Crippen molar-refractivity contribution < 1.29 is 9.18 Å². The van der Waals surface area contributed by atoms with Gasteiger partial charge in [-0.2, -0.15) is 0 Å². The molecule has 0 aliphatic rings. The van der Waals surface area contributed by atoms with E-state index in [1.54, 1.807) is 24.9 Å². The van der Waals surface area contributed by atoms with Crippen LogP contribution < -0.4 is 5.32 Å². The number of aromatic amines is 3. The molecule has 4 heterocycles. The molecule has 29 heavy (non-hydrogen) atoms. The predicted octanol–water partition coefficient (Wildman–Crippen LogP) is 2.94. The Balaban J connectivity index is 1.42. The second-order valence-electron chi connectivity index (χ2n) is 6.62. The highest BCUT2D eigenvalue weighted by Gasteiger charge is 2.17. The highest BCUT2D eigenvalue weighted by Crippen LogP contribution is 2.28. The van der Waals surface area contributed by atoms with Crippen LogP contribution in [0, 0.1) is 5.82 Å². The lowest BCUT2D eigenvalue weighted by Gasteiger charge is -2.05. The molecule has 4 aromatic heterocycles. The Morgan fingerprint density at radius 1 is 1.24 bits per heavy atom. The summed E-state index contributed by atoms with van der Waals surface area (Å²) >= 11 is 0. The molecule has 0 unspecified atom stereocenters. The number of aromatic nitrogens is 6. The molecule has 0 saturated carbocycles. The molecule has 0 saturated heterocycles. The smallest absolute Gasteiger partial charge is 0.254 e. The van der Waals surface area contributed by atoms with Gasteiger partial charge in [-0.1, -0.05) is 0 Å². The summed E-state index contributed by atoms with van der Waals surface area (Å²) in [6.45, 7) is 0.368. The van der Waals surface area contributed by atoms with E-state index >= 15 is 0 Å². The molecule has 144 valence electrons. The van der Waals surface area contributed by atoms with Gasteiger partial charge >= 0.3 is 0 Å². The van der Waals surface area contributed by atoms with Crippen LogP contribution in [-0.4, -0.2) is 42.4 Å². The lowest BCUT2D eigenvalue weighted by molar-refractivity contribution is 0.0950. The fourth-order valence-electron chi connectivity index (χ4n) is 3.31. The number of carbonyl (C=O) groups is 1.